The van der Waals surface area contributed by atoms with Gasteiger partial charge in [0, 0.05) is 11.8 Å². The van der Waals surface area contributed by atoms with Crippen molar-refractivity contribution in [2.45, 2.75) is 11.0 Å². The molecule has 0 aliphatic carbocycles. The van der Waals surface area contributed by atoms with E-state index in [4.69, 9.17) is 16.3 Å². The molecule has 1 heterocycles. The van der Waals surface area contributed by atoms with Crippen LogP contribution in [0.2, 0.25) is 0 Å². The van der Waals surface area contributed by atoms with E-state index in [-0.39, 0.29) is 0 Å². The summed E-state index contributed by atoms with van der Waals surface area (Å²) in [6, 6.07) is 0. The lowest BCUT2D eigenvalue weighted by atomic mass is 10.4. The van der Waals surface area contributed by atoms with Gasteiger partial charge in [0.2, 0.25) is 5.88 Å². The third-order valence-electron chi connectivity index (χ3n) is 1.32. The highest BCUT2D eigenvalue weighted by Gasteiger charge is 2.04. The molecule has 0 amide bonds. The van der Waals surface area contributed by atoms with Crippen molar-refractivity contribution in [1.82, 2.24) is 9.97 Å². The predicted molar refractivity (Wildman–Crippen MR) is 49.9 cm³/mol. The molecule has 0 bridgehead atoms. The van der Waals surface area contributed by atoms with Crippen LogP contribution < -0.4 is 4.74 Å². The molecule has 0 aromatic carbocycles. The van der Waals surface area contributed by atoms with Crippen molar-refractivity contribution in [1.29, 1.82) is 0 Å². The Hall–Kier alpha value is -0.480. The van der Waals surface area contributed by atoms with Crippen LogP contribution in [-0.4, -0.2) is 23.3 Å². The fraction of sp³-hybridized carbons (Fsp3) is 0.429. The highest BCUT2D eigenvalue weighted by Crippen LogP contribution is 2.19. The van der Waals surface area contributed by atoms with Crippen LogP contribution in [0.3, 0.4) is 0 Å². The van der Waals surface area contributed by atoms with Gasteiger partial charge in [-0.25, -0.2) is 4.98 Å². The maximum atomic E-state index is 5.64. The molecule has 0 unspecified atom stereocenters. The number of nitrogens with zero attached hydrogens (tertiary/aromatic N) is 2. The molecular formula is C7H9ClN2OS. The molecule has 0 fully saturated rings. The summed E-state index contributed by atoms with van der Waals surface area (Å²) in [6.45, 7) is 0. The number of thioether (sulfide) groups is 1. The molecule has 0 N–H and O–H groups in total. The highest BCUT2D eigenvalue weighted by atomic mass is 35.5. The molecule has 1 rings (SSSR count). The molecule has 0 aliphatic heterocycles. The second-order valence-corrected chi connectivity index (χ2v) is 3.07. The molecule has 12 heavy (non-hydrogen) atoms. The summed E-state index contributed by atoms with van der Waals surface area (Å²) in [4.78, 5) is 8.19. The van der Waals surface area contributed by atoms with E-state index < -0.39 is 0 Å². The van der Waals surface area contributed by atoms with Crippen molar-refractivity contribution in [3.63, 3.8) is 0 Å². The standard InChI is InChI=1S/C7H9ClN2OS/c1-11-6-5(3-8)4-9-7(10-6)12-2/h4H,3H2,1-2H3. The first-order chi connectivity index (χ1) is 5.81. The molecule has 0 spiro atoms. The number of aromatic nitrogens is 2. The fourth-order valence-electron chi connectivity index (χ4n) is 0.743. The number of methoxy groups -OCH3 is 1. The number of ether oxygens (including phenoxy) is 1. The van der Waals surface area contributed by atoms with E-state index in [2.05, 4.69) is 9.97 Å². The van der Waals surface area contributed by atoms with Gasteiger partial charge in [-0.05, 0) is 6.26 Å². The van der Waals surface area contributed by atoms with Gasteiger partial charge in [0.1, 0.15) is 0 Å². The molecule has 0 radical (unpaired) electrons. The lowest BCUT2D eigenvalue weighted by Gasteiger charge is -2.04. The van der Waals surface area contributed by atoms with E-state index in [0.717, 1.165) is 5.56 Å². The number of halogens is 1. The van der Waals surface area contributed by atoms with Crippen molar-refractivity contribution >= 4 is 23.4 Å². The third-order valence-corrected chi connectivity index (χ3v) is 2.17. The topological polar surface area (TPSA) is 35.0 Å². The number of rotatable bonds is 3. The third kappa shape index (κ3) is 2.01. The van der Waals surface area contributed by atoms with Crippen LogP contribution in [0.1, 0.15) is 5.56 Å². The highest BCUT2D eigenvalue weighted by molar-refractivity contribution is 7.98. The molecule has 0 aliphatic rings. The Morgan fingerprint density at radius 1 is 1.67 bits per heavy atom. The Kier molecular flexibility index (Phi) is 3.62. The van der Waals surface area contributed by atoms with Gasteiger partial charge in [-0.2, -0.15) is 4.98 Å². The quantitative estimate of drug-likeness (QED) is 0.428. The zero-order chi connectivity index (χ0) is 8.97. The normalized spacial score (nSPS) is 9.92. The van der Waals surface area contributed by atoms with Crippen molar-refractivity contribution in [2.75, 3.05) is 13.4 Å². The number of alkyl halides is 1. The summed E-state index contributed by atoms with van der Waals surface area (Å²) in [5.41, 5.74) is 0.817. The van der Waals surface area contributed by atoms with Crippen LogP contribution in [0, 0.1) is 0 Å². The van der Waals surface area contributed by atoms with Gasteiger partial charge in [-0.3, -0.25) is 0 Å². The molecule has 3 nitrogen and oxygen atoms in total. The minimum absolute atomic E-state index is 0.373. The summed E-state index contributed by atoms with van der Waals surface area (Å²) < 4.78 is 5.03. The second-order valence-electron chi connectivity index (χ2n) is 2.02. The molecule has 0 atom stereocenters. The van der Waals surface area contributed by atoms with Crippen LogP contribution in [0.4, 0.5) is 0 Å². The average molecular weight is 205 g/mol. The van der Waals surface area contributed by atoms with Crippen LogP contribution in [0.15, 0.2) is 11.4 Å². The van der Waals surface area contributed by atoms with Crippen molar-refractivity contribution < 1.29 is 4.74 Å². The van der Waals surface area contributed by atoms with Gasteiger partial charge in [0.25, 0.3) is 0 Å². The van der Waals surface area contributed by atoms with Crippen LogP contribution in [-0.2, 0) is 5.88 Å². The monoisotopic (exact) mass is 204 g/mol. The average Bonchev–Trinajstić information content (AvgIpc) is 2.16. The summed E-state index contributed by atoms with van der Waals surface area (Å²) in [5.74, 6) is 0.932. The molecule has 66 valence electrons. The number of hydrogen-bond acceptors (Lipinski definition) is 4. The van der Waals surface area contributed by atoms with Gasteiger partial charge < -0.3 is 4.74 Å². The van der Waals surface area contributed by atoms with Gasteiger partial charge in [0.15, 0.2) is 5.16 Å². The first-order valence-electron chi connectivity index (χ1n) is 3.31. The lowest BCUT2D eigenvalue weighted by molar-refractivity contribution is 0.388. The van der Waals surface area contributed by atoms with E-state index in [1.807, 2.05) is 6.26 Å². The molecule has 1 aromatic rings. The minimum Gasteiger partial charge on any atom is -0.481 e. The SMILES string of the molecule is COc1nc(SC)ncc1CCl. The van der Waals surface area contributed by atoms with E-state index in [0.29, 0.717) is 16.9 Å². The Bertz CT molecular complexity index is 270. The van der Waals surface area contributed by atoms with Gasteiger partial charge in [0.05, 0.1) is 13.0 Å². The van der Waals surface area contributed by atoms with E-state index in [1.54, 1.807) is 13.3 Å². The van der Waals surface area contributed by atoms with Gasteiger partial charge >= 0.3 is 0 Å². The Morgan fingerprint density at radius 2 is 2.42 bits per heavy atom. The summed E-state index contributed by atoms with van der Waals surface area (Å²) >= 11 is 7.11. The maximum Gasteiger partial charge on any atom is 0.221 e. The minimum atomic E-state index is 0.373. The first kappa shape index (κ1) is 9.61. The Labute approximate surface area is 80.5 Å². The Balaban J connectivity index is 3.02. The molecular weight excluding hydrogens is 196 g/mol. The van der Waals surface area contributed by atoms with Gasteiger partial charge in [-0.15, -0.1) is 11.6 Å². The molecule has 0 saturated heterocycles. The maximum absolute atomic E-state index is 5.64. The van der Waals surface area contributed by atoms with E-state index in [9.17, 15) is 0 Å². The first-order valence-corrected chi connectivity index (χ1v) is 5.07. The zero-order valence-corrected chi connectivity index (χ0v) is 8.45. The Morgan fingerprint density at radius 3 is 2.92 bits per heavy atom. The smallest absolute Gasteiger partial charge is 0.221 e. The van der Waals surface area contributed by atoms with Gasteiger partial charge in [-0.1, -0.05) is 11.8 Å². The fourth-order valence-corrected chi connectivity index (χ4v) is 1.26. The van der Waals surface area contributed by atoms with E-state index in [1.165, 1.54) is 11.8 Å². The van der Waals surface area contributed by atoms with Crippen molar-refractivity contribution in [3.05, 3.63) is 11.8 Å². The van der Waals surface area contributed by atoms with Crippen molar-refractivity contribution in [2.24, 2.45) is 0 Å². The van der Waals surface area contributed by atoms with Crippen LogP contribution in [0.5, 0.6) is 5.88 Å². The molecule has 5 heteroatoms. The summed E-state index contributed by atoms with van der Waals surface area (Å²) in [7, 11) is 1.57. The lowest BCUT2D eigenvalue weighted by Crippen LogP contribution is -1.96. The van der Waals surface area contributed by atoms with Crippen LogP contribution in [0.25, 0.3) is 0 Å². The second kappa shape index (κ2) is 4.52. The predicted octanol–water partition coefficient (Wildman–Crippen LogP) is 1.95. The summed E-state index contributed by atoms with van der Waals surface area (Å²) in [5, 5.41) is 0.695. The molecule has 1 aromatic heterocycles. The summed E-state index contributed by atoms with van der Waals surface area (Å²) in [6.07, 6.45) is 3.60. The zero-order valence-electron chi connectivity index (χ0n) is 6.87. The van der Waals surface area contributed by atoms with Crippen LogP contribution >= 0.6 is 23.4 Å². The number of hydrogen-bond donors (Lipinski definition) is 0. The van der Waals surface area contributed by atoms with E-state index >= 15 is 0 Å². The molecule has 0 saturated carbocycles. The van der Waals surface area contributed by atoms with Crippen molar-refractivity contribution in [3.8, 4) is 5.88 Å². The largest absolute Gasteiger partial charge is 0.481 e.